The zero-order valence-electron chi connectivity index (χ0n) is 9.54. The normalized spacial score (nSPS) is 31.9. The summed E-state index contributed by atoms with van der Waals surface area (Å²) in [5, 5.41) is 2.79. The topological polar surface area (TPSA) is 72.2 Å². The highest BCUT2D eigenvalue weighted by atomic mass is 16.2. The van der Waals surface area contributed by atoms with Gasteiger partial charge >= 0.3 is 0 Å². The molecule has 1 saturated carbocycles. The average Bonchev–Trinajstić information content (AvgIpc) is 2.58. The molecule has 0 spiro atoms. The largest absolute Gasteiger partial charge is 0.369 e. The Morgan fingerprint density at radius 3 is 2.86 bits per heavy atom. The monoisotopic (exact) mass is 196 g/mol. The summed E-state index contributed by atoms with van der Waals surface area (Å²) in [7, 11) is 1.44. The van der Waals surface area contributed by atoms with Crippen molar-refractivity contribution in [3.8, 4) is 0 Å². The van der Waals surface area contributed by atoms with Gasteiger partial charge in [-0.25, -0.2) is 0 Å². The van der Waals surface area contributed by atoms with Crippen molar-refractivity contribution >= 4 is 19.0 Å². The zero-order chi connectivity index (χ0) is 11.4. The van der Waals surface area contributed by atoms with Crippen molar-refractivity contribution in [1.82, 2.24) is 5.32 Å². The van der Waals surface area contributed by atoms with Crippen molar-refractivity contribution in [1.29, 1.82) is 0 Å². The highest BCUT2D eigenvalue weighted by Crippen LogP contribution is 2.30. The third-order valence-electron chi connectivity index (χ3n) is 2.72. The molecule has 1 radical (unpaired) electrons. The van der Waals surface area contributed by atoms with E-state index in [1.54, 1.807) is 6.82 Å². The smallest absolute Gasteiger partial charge is 0.229 e. The second-order valence-electron chi connectivity index (χ2n) is 3.95. The Balaban J connectivity index is 2.60. The Labute approximate surface area is 86.3 Å². The number of rotatable bonds is 3. The number of nitrogens with two attached hydrogens (primary N) is 1. The van der Waals surface area contributed by atoms with Crippen LogP contribution in [0.2, 0.25) is 8.23 Å². The highest BCUT2D eigenvalue weighted by Gasteiger charge is 2.36. The van der Waals surface area contributed by atoms with Crippen molar-refractivity contribution in [2.24, 2.45) is 17.6 Å². The lowest BCUT2D eigenvalue weighted by Crippen LogP contribution is -2.43. The second kappa shape index (κ2) is 4.48. The minimum absolute atomic E-state index is 0.131. The fourth-order valence-electron chi connectivity index (χ4n) is 2.01. The van der Waals surface area contributed by atoms with Gasteiger partial charge in [0.05, 0.1) is 5.92 Å². The third kappa shape index (κ3) is 2.50. The van der Waals surface area contributed by atoms with E-state index >= 15 is 0 Å². The van der Waals surface area contributed by atoms with Crippen molar-refractivity contribution in [3.05, 3.63) is 0 Å². The molecule has 1 unspecified atom stereocenters. The minimum atomic E-state index is -0.305. The number of amides is 2. The Morgan fingerprint density at radius 1 is 1.57 bits per heavy atom. The summed E-state index contributed by atoms with van der Waals surface area (Å²) in [6.07, 6.45) is 1.54. The van der Waals surface area contributed by atoms with Gasteiger partial charge in [-0.15, -0.1) is 0 Å². The van der Waals surface area contributed by atoms with Gasteiger partial charge in [0, 0.05) is 6.04 Å². The summed E-state index contributed by atoms with van der Waals surface area (Å²) < 4.78 is 6.84. The first-order chi connectivity index (χ1) is 7.08. The van der Waals surface area contributed by atoms with E-state index in [1.807, 2.05) is 12.7 Å². The van der Waals surface area contributed by atoms with E-state index in [0.717, 1.165) is 12.8 Å². The van der Waals surface area contributed by atoms with E-state index in [0.29, 0.717) is 5.92 Å². The third-order valence-corrected chi connectivity index (χ3v) is 2.72. The van der Waals surface area contributed by atoms with E-state index in [1.165, 1.54) is 7.28 Å². The molecular weight excluding hydrogens is 179 g/mol. The standard InChI is InChI=1S/C9H16BN2O2/c1-5-3-6(8(11)13)7(4-5)12-9(14)10-2/h5-7H,3-4H2,1-2H3,(H2,11,13)(H,12,14)/t5?,6-,7-/m0/s1/i/hD. The molecule has 0 aromatic carbocycles. The summed E-state index contributed by atoms with van der Waals surface area (Å²) in [6, 6.07) is -0.131. The Hall–Kier alpha value is -0.995. The van der Waals surface area contributed by atoms with Gasteiger partial charge in [-0.2, -0.15) is 0 Å². The fourth-order valence-corrected chi connectivity index (χ4v) is 2.01. The molecule has 77 valence electrons. The number of nitrogens with one attached hydrogen (secondary N) is 1. The molecule has 3 atom stereocenters. The van der Waals surface area contributed by atoms with Gasteiger partial charge in [0.15, 0.2) is 7.22 Å². The molecule has 1 aliphatic carbocycles. The molecule has 2 amide bonds. The SMILES string of the molecule is [2H]NC(=O)[C@H]1CC(C)C[C@@H]1NC(=O)[B]C. The maximum atomic E-state index is 11.4. The first-order valence-electron chi connectivity index (χ1n) is 5.40. The van der Waals surface area contributed by atoms with Gasteiger partial charge in [0.2, 0.25) is 13.2 Å². The quantitative estimate of drug-likeness (QED) is 0.639. The van der Waals surface area contributed by atoms with Gasteiger partial charge in [0.1, 0.15) is 0 Å². The summed E-state index contributed by atoms with van der Waals surface area (Å²) in [4.78, 5) is 22.6. The summed E-state index contributed by atoms with van der Waals surface area (Å²) in [5.41, 5.74) is 1.90. The first-order valence-corrected chi connectivity index (χ1v) is 4.90. The van der Waals surface area contributed by atoms with E-state index in [9.17, 15) is 9.59 Å². The maximum Gasteiger partial charge on any atom is 0.229 e. The van der Waals surface area contributed by atoms with Crippen molar-refractivity contribution in [2.75, 3.05) is 0 Å². The lowest BCUT2D eigenvalue weighted by Gasteiger charge is -2.17. The van der Waals surface area contributed by atoms with E-state index in [4.69, 9.17) is 1.41 Å². The minimum Gasteiger partial charge on any atom is -0.369 e. The van der Waals surface area contributed by atoms with Gasteiger partial charge < -0.3 is 11.0 Å². The molecule has 4 nitrogen and oxygen atoms in total. The van der Waals surface area contributed by atoms with Crippen LogP contribution in [0, 0.1) is 11.8 Å². The summed E-state index contributed by atoms with van der Waals surface area (Å²) >= 11 is 0. The van der Waals surface area contributed by atoms with Crippen LogP contribution in [0.3, 0.4) is 0 Å². The van der Waals surface area contributed by atoms with Crippen LogP contribution in [-0.4, -0.2) is 25.0 Å². The van der Waals surface area contributed by atoms with Crippen LogP contribution in [0.5, 0.6) is 0 Å². The van der Waals surface area contributed by atoms with Crippen LogP contribution < -0.4 is 11.0 Å². The van der Waals surface area contributed by atoms with E-state index in [-0.39, 0.29) is 23.7 Å². The first kappa shape index (κ1) is 9.56. The number of carbonyl (C=O) groups excluding carboxylic acids is 2. The fraction of sp³-hybridized carbons (Fsp3) is 0.778. The Bertz CT molecular complexity index is 262. The predicted molar refractivity (Wildman–Crippen MR) is 55.0 cm³/mol. The van der Waals surface area contributed by atoms with Crippen LogP contribution >= 0.6 is 0 Å². The molecule has 1 fully saturated rings. The molecular formula is C9H16BN2O2. The van der Waals surface area contributed by atoms with Gasteiger partial charge in [0.25, 0.3) is 0 Å². The molecule has 14 heavy (non-hydrogen) atoms. The molecule has 0 saturated heterocycles. The molecule has 0 aromatic rings. The summed E-state index contributed by atoms with van der Waals surface area (Å²) in [5.74, 6) is -0.312. The molecule has 0 aliphatic heterocycles. The van der Waals surface area contributed by atoms with Crippen LogP contribution in [0.4, 0.5) is 4.79 Å². The summed E-state index contributed by atoms with van der Waals surface area (Å²) in [6.45, 7) is 3.71. The number of hydrogen-bond acceptors (Lipinski definition) is 2. The lowest BCUT2D eigenvalue weighted by atomic mass is 9.81. The van der Waals surface area contributed by atoms with Crippen LogP contribution in [0.1, 0.15) is 19.8 Å². The lowest BCUT2D eigenvalue weighted by molar-refractivity contribution is -0.122. The molecule has 0 bridgehead atoms. The predicted octanol–water partition coefficient (Wildman–Crippen LogP) is 0.348. The maximum absolute atomic E-state index is 11.4. The molecule has 0 heterocycles. The number of carbonyl (C=O) groups is 2. The van der Waals surface area contributed by atoms with Crippen molar-refractivity contribution in [2.45, 2.75) is 32.6 Å². The second-order valence-corrected chi connectivity index (χ2v) is 3.95. The number of hydrogen-bond donors (Lipinski definition) is 2. The van der Waals surface area contributed by atoms with Crippen LogP contribution in [-0.2, 0) is 4.79 Å². The van der Waals surface area contributed by atoms with Crippen molar-refractivity contribution in [3.63, 3.8) is 0 Å². The molecule has 0 aromatic heterocycles. The zero-order valence-corrected chi connectivity index (χ0v) is 8.54. The molecule has 1 aliphatic rings. The van der Waals surface area contributed by atoms with Gasteiger partial charge in [-0.05, 0) is 18.8 Å². The average molecular weight is 196 g/mol. The van der Waals surface area contributed by atoms with E-state index in [2.05, 4.69) is 5.32 Å². The Kier molecular flexibility index (Phi) is 3.06. The highest BCUT2D eigenvalue weighted by molar-refractivity contribution is 6.72. The molecule has 3 N–H and O–H groups in total. The van der Waals surface area contributed by atoms with Gasteiger partial charge in [-0.3, -0.25) is 9.59 Å². The van der Waals surface area contributed by atoms with Crippen LogP contribution in [0.15, 0.2) is 0 Å². The van der Waals surface area contributed by atoms with Gasteiger partial charge in [-0.1, -0.05) is 13.7 Å². The Morgan fingerprint density at radius 2 is 2.29 bits per heavy atom. The molecule has 1 rings (SSSR count). The number of primary amides is 1. The van der Waals surface area contributed by atoms with Crippen LogP contribution in [0.25, 0.3) is 0 Å². The molecule has 5 heteroatoms. The van der Waals surface area contributed by atoms with E-state index < -0.39 is 0 Å². The van der Waals surface area contributed by atoms with Crippen molar-refractivity contribution < 1.29 is 11.0 Å².